The molecule has 12 nitrogen and oxygen atoms in total. The highest BCUT2D eigenvalue weighted by molar-refractivity contribution is 5.86. The third-order valence-corrected chi connectivity index (χ3v) is 6.09. The number of ether oxygens (including phenoxy) is 4. The summed E-state index contributed by atoms with van der Waals surface area (Å²) in [5, 5.41) is 60.8. The van der Waals surface area contributed by atoms with Crippen LogP contribution >= 0.6 is 0 Å². The summed E-state index contributed by atoms with van der Waals surface area (Å²) < 4.78 is 27.3. The zero-order valence-electron chi connectivity index (χ0n) is 18.4. The first-order valence-corrected chi connectivity index (χ1v) is 10.8. The SMILES string of the molecule is Cc1cccc2oc(=O)cc(O[C@@H]3[C@@H](O)[C@@H](O)[C@H](OC[C@H]4O[C@@H](O)[C@H](O)[C@@H](O)[C@@H]4O)O[C@H]3C)c12. The molecule has 0 spiro atoms. The molecular formula is C22H28O12. The van der Waals surface area contributed by atoms with Gasteiger partial charge in [-0.3, -0.25) is 0 Å². The van der Waals surface area contributed by atoms with E-state index in [9.17, 15) is 35.4 Å². The molecule has 10 atom stereocenters. The summed E-state index contributed by atoms with van der Waals surface area (Å²) in [5.74, 6) is 0.163. The van der Waals surface area contributed by atoms with Gasteiger partial charge in [0.2, 0.25) is 0 Å². The van der Waals surface area contributed by atoms with Crippen molar-refractivity contribution in [2.24, 2.45) is 0 Å². The molecule has 2 aromatic rings. The number of rotatable bonds is 5. The third-order valence-electron chi connectivity index (χ3n) is 6.09. The highest BCUT2D eigenvalue weighted by Crippen LogP contribution is 2.32. The zero-order valence-corrected chi connectivity index (χ0v) is 18.4. The summed E-state index contributed by atoms with van der Waals surface area (Å²) in [7, 11) is 0. The number of fused-ring (bicyclic) bond motifs is 1. The minimum Gasteiger partial charge on any atom is -0.484 e. The van der Waals surface area contributed by atoms with Gasteiger partial charge in [0, 0.05) is 0 Å². The van der Waals surface area contributed by atoms with E-state index in [0.717, 1.165) is 11.6 Å². The van der Waals surface area contributed by atoms with Crippen LogP contribution in [0.25, 0.3) is 11.0 Å². The van der Waals surface area contributed by atoms with Crippen molar-refractivity contribution in [3.63, 3.8) is 0 Å². The lowest BCUT2D eigenvalue weighted by Crippen LogP contribution is -2.61. The van der Waals surface area contributed by atoms with E-state index in [2.05, 4.69) is 0 Å². The van der Waals surface area contributed by atoms with E-state index in [0.29, 0.717) is 11.0 Å². The van der Waals surface area contributed by atoms with Gasteiger partial charge in [-0.25, -0.2) is 4.79 Å². The van der Waals surface area contributed by atoms with E-state index in [1.165, 1.54) is 0 Å². The molecule has 0 bridgehead atoms. The molecule has 0 aliphatic carbocycles. The average Bonchev–Trinajstić information content (AvgIpc) is 2.79. The van der Waals surface area contributed by atoms with E-state index in [4.69, 9.17) is 23.4 Å². The lowest BCUT2D eigenvalue weighted by Gasteiger charge is -2.42. The fraction of sp³-hybridized carbons (Fsp3) is 0.591. The Balaban J connectivity index is 1.46. The van der Waals surface area contributed by atoms with Crippen LogP contribution in [-0.4, -0.2) is 98.7 Å². The minimum atomic E-state index is -1.74. The van der Waals surface area contributed by atoms with Crippen LogP contribution in [0.3, 0.4) is 0 Å². The molecule has 12 heteroatoms. The fourth-order valence-corrected chi connectivity index (χ4v) is 4.16. The van der Waals surface area contributed by atoms with Crippen LogP contribution in [0.4, 0.5) is 0 Å². The molecule has 6 N–H and O–H groups in total. The summed E-state index contributed by atoms with van der Waals surface area (Å²) in [4.78, 5) is 12.0. The zero-order chi connectivity index (χ0) is 24.7. The van der Waals surface area contributed by atoms with Gasteiger partial charge in [0.15, 0.2) is 18.7 Å². The normalized spacial score (nSPS) is 38.7. The van der Waals surface area contributed by atoms with Gasteiger partial charge in [-0.1, -0.05) is 12.1 Å². The van der Waals surface area contributed by atoms with Crippen LogP contribution < -0.4 is 10.4 Å². The highest BCUT2D eigenvalue weighted by atomic mass is 16.7. The lowest BCUT2D eigenvalue weighted by molar-refractivity contribution is -0.320. The summed E-state index contributed by atoms with van der Waals surface area (Å²) in [6.45, 7) is 2.95. The fourth-order valence-electron chi connectivity index (χ4n) is 4.16. The molecule has 4 rings (SSSR count). The van der Waals surface area contributed by atoms with E-state index in [-0.39, 0.29) is 5.75 Å². The van der Waals surface area contributed by atoms with Gasteiger partial charge >= 0.3 is 5.63 Å². The molecular weight excluding hydrogens is 456 g/mol. The van der Waals surface area contributed by atoms with Gasteiger partial charge in [0.1, 0.15) is 48.0 Å². The molecule has 2 aliphatic heterocycles. The molecule has 1 aromatic carbocycles. The summed E-state index contributed by atoms with van der Waals surface area (Å²) >= 11 is 0. The maximum Gasteiger partial charge on any atom is 0.339 e. The number of aryl methyl sites for hydroxylation is 1. The molecule has 0 unspecified atom stereocenters. The third kappa shape index (κ3) is 4.69. The van der Waals surface area contributed by atoms with Crippen molar-refractivity contribution >= 4 is 11.0 Å². The quantitative estimate of drug-likeness (QED) is 0.260. The molecule has 0 radical (unpaired) electrons. The van der Waals surface area contributed by atoms with Crippen molar-refractivity contribution in [3.05, 3.63) is 40.2 Å². The van der Waals surface area contributed by atoms with Crippen LogP contribution in [0.1, 0.15) is 12.5 Å². The first-order valence-electron chi connectivity index (χ1n) is 10.8. The van der Waals surface area contributed by atoms with E-state index >= 15 is 0 Å². The second-order valence-corrected chi connectivity index (χ2v) is 8.52. The summed E-state index contributed by atoms with van der Waals surface area (Å²) in [6, 6.07) is 6.29. The molecule has 1 aromatic heterocycles. The monoisotopic (exact) mass is 484 g/mol. The Kier molecular flexibility index (Phi) is 7.24. The Morgan fingerprint density at radius 3 is 2.41 bits per heavy atom. The number of hydrogen-bond donors (Lipinski definition) is 6. The second kappa shape index (κ2) is 9.85. The average molecular weight is 484 g/mol. The van der Waals surface area contributed by atoms with Gasteiger partial charge in [-0.05, 0) is 25.5 Å². The summed E-state index contributed by atoms with van der Waals surface area (Å²) in [6.07, 6.45) is -14.2. The van der Waals surface area contributed by atoms with Crippen LogP contribution in [0, 0.1) is 6.92 Å². The predicted molar refractivity (Wildman–Crippen MR) is 113 cm³/mol. The number of aliphatic hydroxyl groups is 6. The minimum absolute atomic E-state index is 0.163. The molecule has 0 amide bonds. The first kappa shape index (κ1) is 25.0. The van der Waals surface area contributed by atoms with Crippen LogP contribution in [0.2, 0.25) is 0 Å². The van der Waals surface area contributed by atoms with E-state index in [1.54, 1.807) is 32.0 Å². The number of benzene rings is 1. The van der Waals surface area contributed by atoms with Crippen molar-refractivity contribution in [3.8, 4) is 5.75 Å². The Hall–Kier alpha value is -2.13. The Morgan fingerprint density at radius 2 is 1.68 bits per heavy atom. The van der Waals surface area contributed by atoms with Gasteiger partial charge in [-0.15, -0.1) is 0 Å². The first-order chi connectivity index (χ1) is 16.1. The molecule has 2 fully saturated rings. The molecule has 34 heavy (non-hydrogen) atoms. The smallest absolute Gasteiger partial charge is 0.339 e. The van der Waals surface area contributed by atoms with Crippen molar-refractivity contribution in [1.82, 2.24) is 0 Å². The van der Waals surface area contributed by atoms with Crippen molar-refractivity contribution in [2.45, 2.75) is 75.3 Å². The second-order valence-electron chi connectivity index (χ2n) is 8.52. The van der Waals surface area contributed by atoms with Crippen molar-refractivity contribution in [2.75, 3.05) is 6.61 Å². The van der Waals surface area contributed by atoms with Gasteiger partial charge in [-0.2, -0.15) is 0 Å². The van der Waals surface area contributed by atoms with Crippen LogP contribution in [0.15, 0.2) is 33.5 Å². The number of aliphatic hydroxyl groups excluding tert-OH is 6. The van der Waals surface area contributed by atoms with E-state index in [1.807, 2.05) is 0 Å². The van der Waals surface area contributed by atoms with Gasteiger partial charge in [0.05, 0.1) is 24.2 Å². The largest absolute Gasteiger partial charge is 0.484 e. The van der Waals surface area contributed by atoms with Crippen LogP contribution in [0.5, 0.6) is 5.75 Å². The lowest BCUT2D eigenvalue weighted by atomic mass is 9.98. The van der Waals surface area contributed by atoms with Crippen molar-refractivity contribution < 1.29 is 54.0 Å². The van der Waals surface area contributed by atoms with Crippen LogP contribution in [-0.2, 0) is 14.2 Å². The Bertz CT molecular complexity index is 1060. The summed E-state index contributed by atoms with van der Waals surface area (Å²) in [5.41, 5.74) is 0.440. The molecule has 2 aliphatic rings. The van der Waals surface area contributed by atoms with E-state index < -0.39 is 73.6 Å². The molecule has 3 heterocycles. The van der Waals surface area contributed by atoms with Crippen molar-refractivity contribution in [1.29, 1.82) is 0 Å². The topological polar surface area (TPSA) is 189 Å². The van der Waals surface area contributed by atoms with Gasteiger partial charge < -0.3 is 54.0 Å². The predicted octanol–water partition coefficient (Wildman–Crippen LogP) is -1.87. The standard InChI is InChI=1S/C22H28O12/c1-8-4-3-5-10-14(8)11(6-13(23)32-10)33-20-9(2)31-22(19(28)17(20)26)30-7-12-15(24)16(25)18(27)21(29)34-12/h3-6,9,12,15-22,24-29H,7H2,1-2H3/t9-,12+,15+,16-,17-,18+,19+,20-,21+,22+/m0/s1. The number of hydrogen-bond acceptors (Lipinski definition) is 12. The molecule has 188 valence electrons. The highest BCUT2D eigenvalue weighted by Gasteiger charge is 2.47. The molecule has 2 saturated heterocycles. The maximum atomic E-state index is 12.0. The maximum absolute atomic E-state index is 12.0. The van der Waals surface area contributed by atoms with Gasteiger partial charge in [0.25, 0.3) is 0 Å². The molecule has 0 saturated carbocycles. The Labute approximate surface area is 193 Å². The Morgan fingerprint density at radius 1 is 0.941 bits per heavy atom.